The zero-order valence-electron chi connectivity index (χ0n) is 9.47. The molecule has 6 heteroatoms. The molecule has 0 amide bonds. The standard InChI is InChI=1S/C11H14FNO3S/c1-9-2-4-11(5-3-9)17(14,15)16-13-7-10(6-12)8-13/h2-5,10H,6-8H2,1H3. The summed E-state index contributed by atoms with van der Waals surface area (Å²) in [4.78, 5) is 0.117. The topological polar surface area (TPSA) is 46.6 Å². The van der Waals surface area contributed by atoms with Crippen molar-refractivity contribution in [2.24, 2.45) is 5.92 Å². The largest absolute Gasteiger partial charge is 0.313 e. The van der Waals surface area contributed by atoms with Crippen LogP contribution in [-0.4, -0.2) is 33.2 Å². The van der Waals surface area contributed by atoms with E-state index < -0.39 is 16.8 Å². The molecule has 0 spiro atoms. The van der Waals surface area contributed by atoms with Crippen LogP contribution in [0.15, 0.2) is 29.2 Å². The third kappa shape index (κ3) is 2.83. The molecule has 0 radical (unpaired) electrons. The summed E-state index contributed by atoms with van der Waals surface area (Å²) in [6.45, 7) is 2.08. The van der Waals surface area contributed by atoms with Gasteiger partial charge in [-0.05, 0) is 19.1 Å². The normalized spacial score (nSPS) is 18.0. The van der Waals surface area contributed by atoms with Gasteiger partial charge in [0.05, 0.1) is 11.6 Å². The van der Waals surface area contributed by atoms with Crippen LogP contribution in [0.4, 0.5) is 4.39 Å². The first kappa shape index (κ1) is 12.5. The highest BCUT2D eigenvalue weighted by Gasteiger charge is 2.32. The molecule has 4 nitrogen and oxygen atoms in total. The lowest BCUT2D eigenvalue weighted by molar-refractivity contribution is -0.138. The molecule has 0 unspecified atom stereocenters. The number of hydrogen-bond donors (Lipinski definition) is 0. The van der Waals surface area contributed by atoms with E-state index in [4.69, 9.17) is 4.28 Å². The number of rotatable bonds is 4. The van der Waals surface area contributed by atoms with Crippen molar-refractivity contribution in [2.75, 3.05) is 19.8 Å². The second kappa shape index (κ2) is 4.72. The summed E-state index contributed by atoms with van der Waals surface area (Å²) in [5, 5.41) is 1.26. The quantitative estimate of drug-likeness (QED) is 0.822. The predicted molar refractivity (Wildman–Crippen MR) is 60.5 cm³/mol. The lowest BCUT2D eigenvalue weighted by atomic mass is 10.1. The Bertz CT molecular complexity index is 480. The average Bonchev–Trinajstić information content (AvgIpc) is 2.23. The summed E-state index contributed by atoms with van der Waals surface area (Å²) in [5.41, 5.74) is 0.977. The average molecular weight is 259 g/mol. The highest BCUT2D eigenvalue weighted by Crippen LogP contribution is 2.21. The number of hydrogen-bond acceptors (Lipinski definition) is 4. The van der Waals surface area contributed by atoms with Crippen molar-refractivity contribution in [3.8, 4) is 0 Å². The fourth-order valence-electron chi connectivity index (χ4n) is 1.57. The van der Waals surface area contributed by atoms with Gasteiger partial charge in [-0.3, -0.25) is 4.39 Å². The molecule has 1 aliphatic heterocycles. The first-order valence-electron chi connectivity index (χ1n) is 5.33. The van der Waals surface area contributed by atoms with Crippen LogP contribution in [0.1, 0.15) is 5.56 Å². The molecular formula is C11H14FNO3S. The van der Waals surface area contributed by atoms with Gasteiger partial charge in [-0.1, -0.05) is 17.7 Å². The van der Waals surface area contributed by atoms with E-state index in [1.54, 1.807) is 12.1 Å². The molecule has 17 heavy (non-hydrogen) atoms. The van der Waals surface area contributed by atoms with Crippen LogP contribution >= 0.6 is 0 Å². The molecule has 1 heterocycles. The Balaban J connectivity index is 2.02. The molecule has 1 aromatic carbocycles. The highest BCUT2D eigenvalue weighted by molar-refractivity contribution is 7.86. The van der Waals surface area contributed by atoms with Crippen molar-refractivity contribution in [2.45, 2.75) is 11.8 Å². The molecule has 0 N–H and O–H groups in total. The van der Waals surface area contributed by atoms with Crippen molar-refractivity contribution in [3.05, 3.63) is 29.8 Å². The van der Waals surface area contributed by atoms with Crippen LogP contribution in [0.5, 0.6) is 0 Å². The molecule has 0 aromatic heterocycles. The van der Waals surface area contributed by atoms with E-state index in [1.165, 1.54) is 17.2 Å². The third-order valence-electron chi connectivity index (χ3n) is 2.66. The van der Waals surface area contributed by atoms with Crippen LogP contribution in [0, 0.1) is 12.8 Å². The minimum Gasteiger partial charge on any atom is -0.251 e. The van der Waals surface area contributed by atoms with Gasteiger partial charge in [-0.15, -0.1) is 0 Å². The summed E-state index contributed by atoms with van der Waals surface area (Å²) in [5.74, 6) is -0.108. The van der Waals surface area contributed by atoms with Gasteiger partial charge in [-0.25, -0.2) is 0 Å². The van der Waals surface area contributed by atoms with Gasteiger partial charge in [0.2, 0.25) is 0 Å². The second-order valence-corrected chi connectivity index (χ2v) is 5.74. The van der Waals surface area contributed by atoms with Gasteiger partial charge >= 0.3 is 10.1 Å². The Morgan fingerprint density at radius 1 is 1.35 bits per heavy atom. The summed E-state index contributed by atoms with van der Waals surface area (Å²) in [6, 6.07) is 6.40. The van der Waals surface area contributed by atoms with Crippen molar-refractivity contribution in [1.29, 1.82) is 0 Å². The first-order valence-corrected chi connectivity index (χ1v) is 6.74. The molecule has 1 aromatic rings. The maximum Gasteiger partial charge on any atom is 0.313 e. The summed E-state index contributed by atoms with van der Waals surface area (Å²) in [6.07, 6.45) is 0. The number of halogens is 1. The smallest absolute Gasteiger partial charge is 0.251 e. The maximum absolute atomic E-state index is 12.2. The number of alkyl halides is 1. The van der Waals surface area contributed by atoms with Crippen LogP contribution in [-0.2, 0) is 14.4 Å². The summed E-state index contributed by atoms with van der Waals surface area (Å²) < 4.78 is 40.6. The molecule has 94 valence electrons. The molecule has 0 atom stereocenters. The van der Waals surface area contributed by atoms with E-state index in [9.17, 15) is 12.8 Å². The van der Waals surface area contributed by atoms with Gasteiger partial charge in [-0.2, -0.15) is 17.8 Å². The Morgan fingerprint density at radius 3 is 2.47 bits per heavy atom. The number of nitrogens with zero attached hydrogens (tertiary/aromatic N) is 1. The molecule has 1 fully saturated rings. The summed E-state index contributed by atoms with van der Waals surface area (Å²) >= 11 is 0. The molecule has 0 bridgehead atoms. The predicted octanol–water partition coefficient (Wildman–Crippen LogP) is 1.52. The van der Waals surface area contributed by atoms with Gasteiger partial charge in [0.15, 0.2) is 0 Å². The Labute approximate surface area is 100 Å². The van der Waals surface area contributed by atoms with E-state index in [0.29, 0.717) is 13.1 Å². The first-order chi connectivity index (χ1) is 8.01. The molecule has 0 saturated carbocycles. The highest BCUT2D eigenvalue weighted by atomic mass is 32.2. The van der Waals surface area contributed by atoms with E-state index in [-0.39, 0.29) is 10.8 Å². The van der Waals surface area contributed by atoms with E-state index in [2.05, 4.69) is 0 Å². The minimum absolute atomic E-state index is 0.108. The van der Waals surface area contributed by atoms with Gasteiger partial charge in [0, 0.05) is 19.0 Å². The maximum atomic E-state index is 12.2. The Hall–Kier alpha value is -0.980. The monoisotopic (exact) mass is 259 g/mol. The third-order valence-corrected chi connectivity index (χ3v) is 3.91. The number of aryl methyl sites for hydroxylation is 1. The lowest BCUT2D eigenvalue weighted by Gasteiger charge is -2.35. The van der Waals surface area contributed by atoms with Crippen molar-refractivity contribution < 1.29 is 17.1 Å². The lowest BCUT2D eigenvalue weighted by Crippen LogP contribution is -2.48. The van der Waals surface area contributed by atoms with Crippen molar-refractivity contribution in [1.82, 2.24) is 5.06 Å². The number of benzene rings is 1. The van der Waals surface area contributed by atoms with Crippen LogP contribution < -0.4 is 0 Å². The molecular weight excluding hydrogens is 245 g/mol. The molecule has 2 rings (SSSR count). The zero-order valence-corrected chi connectivity index (χ0v) is 10.3. The molecule has 1 saturated heterocycles. The van der Waals surface area contributed by atoms with Gasteiger partial charge in [0.1, 0.15) is 0 Å². The SMILES string of the molecule is Cc1ccc(S(=O)(=O)ON2CC(CF)C2)cc1. The molecule has 1 aliphatic rings. The van der Waals surface area contributed by atoms with Gasteiger partial charge < -0.3 is 0 Å². The van der Waals surface area contributed by atoms with Crippen LogP contribution in [0.3, 0.4) is 0 Å². The van der Waals surface area contributed by atoms with E-state index >= 15 is 0 Å². The van der Waals surface area contributed by atoms with E-state index in [1.807, 2.05) is 6.92 Å². The zero-order chi connectivity index (χ0) is 12.5. The van der Waals surface area contributed by atoms with E-state index in [0.717, 1.165) is 5.56 Å². The fourth-order valence-corrected chi connectivity index (χ4v) is 2.52. The second-order valence-electron chi connectivity index (χ2n) is 4.21. The Morgan fingerprint density at radius 2 is 1.94 bits per heavy atom. The van der Waals surface area contributed by atoms with Crippen molar-refractivity contribution in [3.63, 3.8) is 0 Å². The van der Waals surface area contributed by atoms with Gasteiger partial charge in [0.25, 0.3) is 0 Å². The number of hydroxylamine groups is 2. The summed E-state index contributed by atoms with van der Waals surface area (Å²) in [7, 11) is -3.77. The fraction of sp³-hybridized carbons (Fsp3) is 0.455. The van der Waals surface area contributed by atoms with Crippen LogP contribution in [0.2, 0.25) is 0 Å². The van der Waals surface area contributed by atoms with Crippen molar-refractivity contribution >= 4 is 10.1 Å². The molecule has 0 aliphatic carbocycles. The minimum atomic E-state index is -3.77. The Kier molecular flexibility index (Phi) is 3.46. The van der Waals surface area contributed by atoms with Crippen LogP contribution in [0.25, 0.3) is 0 Å².